The highest BCUT2D eigenvalue weighted by molar-refractivity contribution is 5.96. The van der Waals surface area contributed by atoms with Crippen molar-refractivity contribution < 1.29 is 9.59 Å². The second-order valence-electron chi connectivity index (χ2n) is 5.81. The molecule has 1 unspecified atom stereocenters. The van der Waals surface area contributed by atoms with Crippen LogP contribution in [0.5, 0.6) is 0 Å². The summed E-state index contributed by atoms with van der Waals surface area (Å²) in [5, 5.41) is 5.84. The van der Waals surface area contributed by atoms with Crippen LogP contribution in [0.1, 0.15) is 32.1 Å². The molecule has 21 heavy (non-hydrogen) atoms. The number of anilines is 2. The summed E-state index contributed by atoms with van der Waals surface area (Å²) >= 11 is 0. The summed E-state index contributed by atoms with van der Waals surface area (Å²) in [6.07, 6.45) is 8.84. The van der Waals surface area contributed by atoms with Crippen LogP contribution in [0.3, 0.4) is 0 Å². The van der Waals surface area contributed by atoms with Crippen molar-refractivity contribution in [3.8, 4) is 0 Å². The van der Waals surface area contributed by atoms with Crippen LogP contribution in [0.2, 0.25) is 0 Å². The smallest absolute Gasteiger partial charge is 0.227 e. The molecule has 2 amide bonds. The molecule has 1 aromatic carbocycles. The molecular formula is C17H20N2O2. The highest BCUT2D eigenvalue weighted by Crippen LogP contribution is 2.30. The summed E-state index contributed by atoms with van der Waals surface area (Å²) in [4.78, 5) is 23.9. The van der Waals surface area contributed by atoms with Gasteiger partial charge in [0.15, 0.2) is 0 Å². The van der Waals surface area contributed by atoms with Gasteiger partial charge < -0.3 is 10.6 Å². The lowest BCUT2D eigenvalue weighted by molar-refractivity contribution is -0.120. The van der Waals surface area contributed by atoms with E-state index in [4.69, 9.17) is 0 Å². The van der Waals surface area contributed by atoms with Crippen LogP contribution in [0.15, 0.2) is 36.4 Å². The first-order valence-electron chi connectivity index (χ1n) is 7.59. The number of nitrogens with one attached hydrogen (secondary N) is 2. The summed E-state index contributed by atoms with van der Waals surface area (Å²) < 4.78 is 0. The molecule has 3 rings (SSSR count). The van der Waals surface area contributed by atoms with E-state index >= 15 is 0 Å². The third-order valence-electron chi connectivity index (χ3n) is 3.99. The van der Waals surface area contributed by atoms with E-state index in [1.807, 2.05) is 24.3 Å². The fraction of sp³-hybridized carbons (Fsp3) is 0.412. The molecule has 1 saturated carbocycles. The minimum absolute atomic E-state index is 0.0553. The fourth-order valence-corrected chi connectivity index (χ4v) is 2.54. The number of hydrogen-bond acceptors (Lipinski definition) is 2. The zero-order valence-electron chi connectivity index (χ0n) is 12.0. The van der Waals surface area contributed by atoms with Crippen molar-refractivity contribution in [3.05, 3.63) is 36.4 Å². The normalized spacial score (nSPS) is 20.9. The van der Waals surface area contributed by atoms with Crippen molar-refractivity contribution in [2.24, 2.45) is 11.8 Å². The quantitative estimate of drug-likeness (QED) is 0.833. The third kappa shape index (κ3) is 3.72. The summed E-state index contributed by atoms with van der Waals surface area (Å²) in [6.45, 7) is 0. The Hall–Kier alpha value is -2.10. The number of hydrogen-bond donors (Lipinski definition) is 2. The molecule has 0 radical (unpaired) electrons. The van der Waals surface area contributed by atoms with Crippen LogP contribution in [0.25, 0.3) is 0 Å². The van der Waals surface area contributed by atoms with Gasteiger partial charge in [-0.2, -0.15) is 0 Å². The highest BCUT2D eigenvalue weighted by Gasteiger charge is 2.29. The van der Waals surface area contributed by atoms with Crippen molar-refractivity contribution in [1.29, 1.82) is 0 Å². The van der Waals surface area contributed by atoms with E-state index in [0.717, 1.165) is 43.5 Å². The molecule has 2 N–H and O–H groups in total. The third-order valence-corrected chi connectivity index (χ3v) is 3.99. The van der Waals surface area contributed by atoms with Crippen LogP contribution < -0.4 is 10.6 Å². The van der Waals surface area contributed by atoms with Gasteiger partial charge in [-0.05, 0) is 50.3 Å². The van der Waals surface area contributed by atoms with Gasteiger partial charge >= 0.3 is 0 Å². The van der Waals surface area contributed by atoms with Gasteiger partial charge in [0.05, 0.1) is 0 Å². The van der Waals surface area contributed by atoms with Crippen LogP contribution in [0.4, 0.5) is 11.4 Å². The first kappa shape index (κ1) is 13.9. The zero-order chi connectivity index (χ0) is 14.7. The molecule has 2 aliphatic rings. The van der Waals surface area contributed by atoms with Crippen molar-refractivity contribution in [2.75, 3.05) is 10.6 Å². The SMILES string of the molecule is O=C(Nc1cccc(NC(=O)C2CC2)c1)C1CC=CCC1. The molecule has 4 heteroatoms. The molecule has 2 aliphatic carbocycles. The molecule has 0 bridgehead atoms. The van der Waals surface area contributed by atoms with Gasteiger partial charge in [-0.15, -0.1) is 0 Å². The predicted octanol–water partition coefficient (Wildman–Crippen LogP) is 3.33. The van der Waals surface area contributed by atoms with Crippen LogP contribution in [0, 0.1) is 11.8 Å². The maximum atomic E-state index is 12.2. The minimum atomic E-state index is 0.0553. The van der Waals surface area contributed by atoms with Gasteiger partial charge in [0, 0.05) is 23.2 Å². The monoisotopic (exact) mass is 284 g/mol. The van der Waals surface area contributed by atoms with Gasteiger partial charge in [0.2, 0.25) is 11.8 Å². The Balaban J connectivity index is 1.60. The lowest BCUT2D eigenvalue weighted by Gasteiger charge is -2.17. The second-order valence-corrected chi connectivity index (χ2v) is 5.81. The van der Waals surface area contributed by atoms with Crippen molar-refractivity contribution in [1.82, 2.24) is 0 Å². The summed E-state index contributed by atoms with van der Waals surface area (Å²) in [7, 11) is 0. The number of carbonyl (C=O) groups is 2. The Morgan fingerprint density at radius 3 is 2.14 bits per heavy atom. The van der Waals surface area contributed by atoms with Crippen molar-refractivity contribution in [2.45, 2.75) is 32.1 Å². The van der Waals surface area contributed by atoms with Crippen molar-refractivity contribution >= 4 is 23.2 Å². The Morgan fingerprint density at radius 1 is 0.905 bits per heavy atom. The molecule has 1 aromatic rings. The molecule has 1 atom stereocenters. The molecule has 0 spiro atoms. The Bertz CT molecular complexity index is 576. The van der Waals surface area contributed by atoms with E-state index in [9.17, 15) is 9.59 Å². The predicted molar refractivity (Wildman–Crippen MR) is 82.9 cm³/mol. The van der Waals surface area contributed by atoms with Gasteiger partial charge in [0.1, 0.15) is 0 Å². The van der Waals surface area contributed by atoms with E-state index in [1.165, 1.54) is 0 Å². The van der Waals surface area contributed by atoms with E-state index in [-0.39, 0.29) is 23.7 Å². The maximum Gasteiger partial charge on any atom is 0.227 e. The molecule has 110 valence electrons. The summed E-state index contributed by atoms with van der Waals surface area (Å²) in [5.74, 6) is 0.373. The Labute approximate surface area is 124 Å². The number of benzene rings is 1. The summed E-state index contributed by atoms with van der Waals surface area (Å²) in [5.41, 5.74) is 1.48. The van der Waals surface area contributed by atoms with E-state index in [1.54, 1.807) is 0 Å². The molecular weight excluding hydrogens is 264 g/mol. The standard InChI is InChI=1S/C17H20N2O2/c20-16(12-5-2-1-3-6-12)18-14-7-4-8-15(11-14)19-17(21)13-9-10-13/h1-2,4,7-8,11-13H,3,5-6,9-10H2,(H,18,20)(H,19,21). The first-order chi connectivity index (χ1) is 10.2. The number of allylic oxidation sites excluding steroid dienone is 2. The largest absolute Gasteiger partial charge is 0.326 e. The van der Waals surface area contributed by atoms with Crippen LogP contribution in [-0.4, -0.2) is 11.8 Å². The maximum absolute atomic E-state index is 12.2. The molecule has 0 heterocycles. The van der Waals surface area contributed by atoms with Gasteiger partial charge in [-0.3, -0.25) is 9.59 Å². The fourth-order valence-electron chi connectivity index (χ4n) is 2.54. The van der Waals surface area contributed by atoms with Gasteiger partial charge in [-0.1, -0.05) is 18.2 Å². The van der Waals surface area contributed by atoms with Gasteiger partial charge in [-0.25, -0.2) is 0 Å². The van der Waals surface area contributed by atoms with E-state index in [0.29, 0.717) is 0 Å². The number of carbonyl (C=O) groups excluding carboxylic acids is 2. The van der Waals surface area contributed by atoms with Crippen molar-refractivity contribution in [3.63, 3.8) is 0 Å². The molecule has 1 fully saturated rings. The Morgan fingerprint density at radius 2 is 1.57 bits per heavy atom. The second kappa shape index (κ2) is 6.12. The molecule has 0 saturated heterocycles. The number of amides is 2. The average molecular weight is 284 g/mol. The number of rotatable bonds is 4. The van der Waals surface area contributed by atoms with Crippen LogP contribution in [-0.2, 0) is 9.59 Å². The molecule has 0 aromatic heterocycles. The van der Waals surface area contributed by atoms with Crippen LogP contribution >= 0.6 is 0 Å². The molecule has 4 nitrogen and oxygen atoms in total. The topological polar surface area (TPSA) is 58.2 Å². The lowest BCUT2D eigenvalue weighted by atomic mass is 9.93. The first-order valence-corrected chi connectivity index (χ1v) is 7.59. The Kier molecular flexibility index (Phi) is 4.04. The van der Waals surface area contributed by atoms with E-state index in [2.05, 4.69) is 22.8 Å². The zero-order valence-corrected chi connectivity index (χ0v) is 12.0. The minimum Gasteiger partial charge on any atom is -0.326 e. The average Bonchev–Trinajstić information content (AvgIpc) is 3.33. The highest BCUT2D eigenvalue weighted by atomic mass is 16.2. The van der Waals surface area contributed by atoms with E-state index < -0.39 is 0 Å². The van der Waals surface area contributed by atoms with Gasteiger partial charge in [0.25, 0.3) is 0 Å². The molecule has 0 aliphatic heterocycles. The summed E-state index contributed by atoms with van der Waals surface area (Å²) in [6, 6.07) is 7.36. The lowest BCUT2D eigenvalue weighted by Crippen LogP contribution is -2.23.